The number of hydrogen-bond donors (Lipinski definition) is 1. The van der Waals surface area contributed by atoms with Crippen LogP contribution in [-0.2, 0) is 0 Å². The zero-order valence-electron chi connectivity index (χ0n) is 10.7. The lowest BCUT2D eigenvalue weighted by atomic mass is 10.1. The van der Waals surface area contributed by atoms with Crippen molar-refractivity contribution < 1.29 is 9.84 Å². The normalized spacial score (nSPS) is 9.80. The van der Waals surface area contributed by atoms with Gasteiger partial charge < -0.3 is 9.84 Å². The molecule has 1 N–H and O–H groups in total. The van der Waals surface area contributed by atoms with Crippen molar-refractivity contribution in [3.05, 3.63) is 72.3 Å². The number of phenolic OH excluding ortho intramolecular Hbond substituents is 1. The van der Waals surface area contributed by atoms with E-state index in [2.05, 4.69) is 24.2 Å². The van der Waals surface area contributed by atoms with Crippen LogP contribution in [0.15, 0.2) is 66.7 Å². The molecule has 0 radical (unpaired) electrons. The lowest BCUT2D eigenvalue weighted by Gasteiger charge is -1.99. The first-order chi connectivity index (χ1) is 9.83. The molecule has 3 aromatic carbocycles. The van der Waals surface area contributed by atoms with Gasteiger partial charge in [0, 0.05) is 11.6 Å². The summed E-state index contributed by atoms with van der Waals surface area (Å²) in [6.07, 6.45) is 2.68. The van der Waals surface area contributed by atoms with Crippen molar-refractivity contribution in [1.82, 2.24) is 0 Å². The monoisotopic (exact) mass is 260 g/mol. The molecule has 0 aliphatic carbocycles. The van der Waals surface area contributed by atoms with E-state index in [1.165, 1.54) is 6.07 Å². The van der Waals surface area contributed by atoms with E-state index in [1.54, 1.807) is 18.2 Å². The van der Waals surface area contributed by atoms with Crippen LogP contribution in [0.2, 0.25) is 0 Å². The first kappa shape index (κ1) is 12.1. The smallest absolute Gasteiger partial charge is 0.143 e. The molecule has 0 atom stereocenters. The summed E-state index contributed by atoms with van der Waals surface area (Å²) in [6, 6.07) is 20.6. The van der Waals surface area contributed by atoms with E-state index >= 15 is 0 Å². The lowest BCUT2D eigenvalue weighted by Crippen LogP contribution is -1.84. The molecule has 0 aliphatic rings. The van der Waals surface area contributed by atoms with Crippen molar-refractivity contribution in [1.29, 1.82) is 0 Å². The van der Waals surface area contributed by atoms with E-state index in [-0.39, 0.29) is 5.75 Å². The van der Waals surface area contributed by atoms with Gasteiger partial charge in [-0.15, -0.1) is 0 Å². The Morgan fingerprint density at radius 1 is 0.850 bits per heavy atom. The number of rotatable bonds is 1. The molecule has 3 rings (SSSR count). The summed E-state index contributed by atoms with van der Waals surface area (Å²) in [6.45, 7) is 0. The van der Waals surface area contributed by atoms with Crippen LogP contribution < -0.4 is 4.74 Å². The minimum Gasteiger partial charge on any atom is -0.508 e. The Labute approximate surface area is 117 Å². The van der Waals surface area contributed by atoms with Crippen LogP contribution in [0.4, 0.5) is 0 Å². The average Bonchev–Trinajstić information content (AvgIpc) is 2.48. The highest BCUT2D eigenvalue weighted by Gasteiger charge is 1.97. The Morgan fingerprint density at radius 3 is 2.55 bits per heavy atom. The first-order valence-electron chi connectivity index (χ1n) is 6.27. The third-order valence-electron chi connectivity index (χ3n) is 2.96. The maximum absolute atomic E-state index is 9.34. The molecule has 0 fully saturated rings. The van der Waals surface area contributed by atoms with Crippen LogP contribution in [0.1, 0.15) is 5.56 Å². The van der Waals surface area contributed by atoms with Crippen molar-refractivity contribution in [3.63, 3.8) is 0 Å². The van der Waals surface area contributed by atoms with E-state index in [0.717, 1.165) is 16.3 Å². The van der Waals surface area contributed by atoms with Crippen molar-refractivity contribution in [2.24, 2.45) is 0 Å². The molecule has 3 aromatic rings. The largest absolute Gasteiger partial charge is 0.508 e. The van der Waals surface area contributed by atoms with Gasteiger partial charge in [-0.3, -0.25) is 0 Å². The van der Waals surface area contributed by atoms with Gasteiger partial charge in [-0.1, -0.05) is 42.5 Å². The van der Waals surface area contributed by atoms with Gasteiger partial charge >= 0.3 is 0 Å². The molecule has 0 unspecified atom stereocenters. The zero-order valence-corrected chi connectivity index (χ0v) is 10.7. The minimum atomic E-state index is 0.162. The predicted molar refractivity (Wildman–Crippen MR) is 79.6 cm³/mol. The highest BCUT2D eigenvalue weighted by molar-refractivity contribution is 5.88. The van der Waals surface area contributed by atoms with Crippen molar-refractivity contribution in [2.45, 2.75) is 0 Å². The first-order valence-corrected chi connectivity index (χ1v) is 6.27. The van der Waals surface area contributed by atoms with Crippen molar-refractivity contribution >= 4 is 10.8 Å². The summed E-state index contributed by atoms with van der Waals surface area (Å²) in [7, 11) is 0. The molecule has 0 heterocycles. The average molecular weight is 260 g/mol. The third-order valence-corrected chi connectivity index (χ3v) is 2.96. The van der Waals surface area contributed by atoms with Gasteiger partial charge in [0.1, 0.15) is 17.6 Å². The molecule has 0 saturated carbocycles. The Hall–Kier alpha value is -2.92. The maximum atomic E-state index is 9.34. The second-order valence-corrected chi connectivity index (χ2v) is 4.35. The van der Waals surface area contributed by atoms with Gasteiger partial charge in [-0.2, -0.15) is 0 Å². The molecule has 0 amide bonds. The fraction of sp³-hybridized carbons (Fsp3) is 0. The van der Waals surface area contributed by atoms with Gasteiger partial charge in [0.05, 0.1) is 0 Å². The Bertz CT molecular complexity index is 805. The molecule has 2 nitrogen and oxygen atoms in total. The highest BCUT2D eigenvalue weighted by atomic mass is 16.5. The standard InChI is InChI=1S/C18H12O2/c19-16-8-4-9-17(13-16)20-12-11-15-7-3-6-14-5-1-2-10-18(14)15/h1-10,13,19H. The fourth-order valence-electron chi connectivity index (χ4n) is 2.02. The summed E-state index contributed by atoms with van der Waals surface area (Å²) in [5.41, 5.74) is 0.920. The van der Waals surface area contributed by atoms with Gasteiger partial charge in [-0.05, 0) is 34.9 Å². The Kier molecular flexibility index (Phi) is 3.26. The van der Waals surface area contributed by atoms with Gasteiger partial charge in [0.15, 0.2) is 0 Å². The van der Waals surface area contributed by atoms with Crippen molar-refractivity contribution in [2.75, 3.05) is 0 Å². The Balaban J connectivity index is 1.89. The minimum absolute atomic E-state index is 0.162. The lowest BCUT2D eigenvalue weighted by molar-refractivity contribution is 0.465. The molecule has 0 spiro atoms. The molecule has 0 aromatic heterocycles. The summed E-state index contributed by atoms with van der Waals surface area (Å²) < 4.78 is 5.32. The summed E-state index contributed by atoms with van der Waals surface area (Å²) in [5, 5.41) is 11.6. The van der Waals surface area contributed by atoms with Crippen LogP contribution >= 0.6 is 0 Å². The predicted octanol–water partition coefficient (Wildman–Crippen LogP) is 3.93. The van der Waals surface area contributed by atoms with E-state index in [4.69, 9.17) is 4.74 Å². The van der Waals surface area contributed by atoms with Crippen molar-refractivity contribution in [3.8, 4) is 23.5 Å². The van der Waals surface area contributed by atoms with Crippen LogP contribution in [0.3, 0.4) is 0 Å². The number of hydrogen-bond acceptors (Lipinski definition) is 2. The van der Waals surface area contributed by atoms with Gasteiger partial charge in [0.25, 0.3) is 0 Å². The number of fused-ring (bicyclic) bond motifs is 1. The number of benzene rings is 3. The molecular formula is C18H12O2. The molecule has 20 heavy (non-hydrogen) atoms. The van der Waals surface area contributed by atoms with Gasteiger partial charge in [0.2, 0.25) is 0 Å². The SMILES string of the molecule is Oc1cccc(OC#Cc2cccc3ccccc23)c1. The number of phenols is 1. The summed E-state index contributed by atoms with van der Waals surface area (Å²) in [5.74, 6) is 3.69. The van der Waals surface area contributed by atoms with Crippen LogP contribution in [0.5, 0.6) is 11.5 Å². The molecule has 0 aliphatic heterocycles. The quantitative estimate of drug-likeness (QED) is 0.672. The van der Waals surface area contributed by atoms with Crippen LogP contribution in [0, 0.1) is 12.0 Å². The molecule has 96 valence electrons. The van der Waals surface area contributed by atoms with E-state index < -0.39 is 0 Å². The highest BCUT2D eigenvalue weighted by Crippen LogP contribution is 2.19. The molecular weight excluding hydrogens is 248 g/mol. The van der Waals surface area contributed by atoms with Crippen LogP contribution in [0.25, 0.3) is 10.8 Å². The number of ether oxygens (including phenoxy) is 1. The topological polar surface area (TPSA) is 29.5 Å². The van der Waals surface area contributed by atoms with E-state index in [0.29, 0.717) is 5.75 Å². The third kappa shape index (κ3) is 2.57. The number of aromatic hydroxyl groups is 1. The Morgan fingerprint density at radius 2 is 1.65 bits per heavy atom. The molecule has 2 heteroatoms. The van der Waals surface area contributed by atoms with Crippen LogP contribution in [-0.4, -0.2) is 5.11 Å². The second kappa shape index (κ2) is 5.38. The summed E-state index contributed by atoms with van der Waals surface area (Å²) >= 11 is 0. The van der Waals surface area contributed by atoms with E-state index in [1.807, 2.05) is 30.3 Å². The zero-order chi connectivity index (χ0) is 13.8. The second-order valence-electron chi connectivity index (χ2n) is 4.35. The molecule has 0 saturated heterocycles. The maximum Gasteiger partial charge on any atom is 0.143 e. The molecule has 0 bridgehead atoms. The van der Waals surface area contributed by atoms with E-state index in [9.17, 15) is 5.11 Å². The van der Waals surface area contributed by atoms with Gasteiger partial charge in [-0.25, -0.2) is 0 Å². The summed E-state index contributed by atoms with van der Waals surface area (Å²) in [4.78, 5) is 0. The fourth-order valence-corrected chi connectivity index (χ4v) is 2.02.